The first kappa shape index (κ1) is 19.5. The Kier molecular flexibility index (Phi) is 5.52. The molecule has 0 saturated carbocycles. The van der Waals surface area contributed by atoms with E-state index < -0.39 is 0 Å². The average Bonchev–Trinajstić information content (AvgIpc) is 2.80. The summed E-state index contributed by atoms with van der Waals surface area (Å²) in [5, 5.41) is 0. The summed E-state index contributed by atoms with van der Waals surface area (Å²) in [5.74, 6) is 2.03. The van der Waals surface area contributed by atoms with Crippen molar-refractivity contribution in [2.45, 2.75) is 39.2 Å². The molecule has 0 bridgehead atoms. The van der Waals surface area contributed by atoms with E-state index in [0.717, 1.165) is 55.8 Å². The van der Waals surface area contributed by atoms with E-state index in [2.05, 4.69) is 64.3 Å². The molecule has 31 heavy (non-hydrogen) atoms. The molecule has 1 aromatic carbocycles. The molecule has 0 amide bonds. The second-order valence-electron chi connectivity index (χ2n) is 8.10. The molecule has 0 atom stereocenters. The molecule has 1 aromatic heterocycles. The zero-order valence-electron chi connectivity index (χ0n) is 17.8. The summed E-state index contributed by atoms with van der Waals surface area (Å²) < 4.78 is 11.7. The van der Waals surface area contributed by atoms with Crippen molar-refractivity contribution in [1.82, 2.24) is 9.97 Å². The lowest BCUT2D eigenvalue weighted by Crippen LogP contribution is -2.31. The van der Waals surface area contributed by atoms with Gasteiger partial charge in [0.1, 0.15) is 18.3 Å². The van der Waals surface area contributed by atoms with Crippen molar-refractivity contribution in [2.75, 3.05) is 18.1 Å². The van der Waals surface area contributed by atoms with E-state index in [1.165, 1.54) is 16.8 Å². The SMILES string of the molecule is Cc1cccc(N2CCc3c(ncnc3N=C3COC=C(CC4=CC=CCC4)O3)C2)c1. The maximum Gasteiger partial charge on any atom is 0.234 e. The number of rotatable bonds is 4. The van der Waals surface area contributed by atoms with Crippen LogP contribution in [0, 0.1) is 6.92 Å². The summed E-state index contributed by atoms with van der Waals surface area (Å²) >= 11 is 0. The normalized spacial score (nSPS) is 19.3. The lowest BCUT2D eigenvalue weighted by molar-refractivity contribution is 0.211. The van der Waals surface area contributed by atoms with Crippen molar-refractivity contribution >= 4 is 17.4 Å². The number of aliphatic imine (C=N–C) groups is 1. The second kappa shape index (κ2) is 8.76. The molecule has 6 heteroatoms. The minimum atomic E-state index is 0.316. The van der Waals surface area contributed by atoms with Gasteiger partial charge < -0.3 is 14.4 Å². The topological polar surface area (TPSA) is 59.8 Å². The number of aryl methyl sites for hydroxylation is 1. The van der Waals surface area contributed by atoms with Crippen LogP contribution in [0.5, 0.6) is 0 Å². The fraction of sp³-hybridized carbons (Fsp3) is 0.320. The lowest BCUT2D eigenvalue weighted by atomic mass is 10.0. The largest absolute Gasteiger partial charge is 0.488 e. The van der Waals surface area contributed by atoms with Gasteiger partial charge in [-0.3, -0.25) is 0 Å². The molecule has 0 N–H and O–H groups in total. The Morgan fingerprint density at radius 2 is 2.16 bits per heavy atom. The number of ether oxygens (including phenoxy) is 2. The standard InChI is InChI=1S/C25H26N4O2/c1-18-6-5-9-20(12-18)29-11-10-22-23(14-29)26-17-27-25(22)28-24-16-30-15-21(31-24)13-19-7-3-2-4-8-19/h2-3,5-7,9,12,15,17H,4,8,10-11,13-14,16H2,1H3. The zero-order valence-corrected chi connectivity index (χ0v) is 17.8. The smallest absolute Gasteiger partial charge is 0.234 e. The average molecular weight is 415 g/mol. The van der Waals surface area contributed by atoms with Crippen molar-refractivity contribution in [3.05, 3.63) is 83.2 Å². The van der Waals surface area contributed by atoms with Crippen molar-refractivity contribution in [1.29, 1.82) is 0 Å². The number of aromatic nitrogens is 2. The van der Waals surface area contributed by atoms with E-state index >= 15 is 0 Å². The van der Waals surface area contributed by atoms with Gasteiger partial charge in [-0.25, -0.2) is 9.97 Å². The first-order chi connectivity index (χ1) is 15.2. The van der Waals surface area contributed by atoms with Crippen LogP contribution in [0.25, 0.3) is 0 Å². The van der Waals surface area contributed by atoms with Gasteiger partial charge in [0.15, 0.2) is 12.4 Å². The lowest BCUT2D eigenvalue weighted by Gasteiger charge is -2.30. The van der Waals surface area contributed by atoms with Gasteiger partial charge in [0.2, 0.25) is 5.90 Å². The van der Waals surface area contributed by atoms with Crippen molar-refractivity contribution in [3.63, 3.8) is 0 Å². The van der Waals surface area contributed by atoms with E-state index in [-0.39, 0.29) is 0 Å². The van der Waals surface area contributed by atoms with Crippen LogP contribution in [0.4, 0.5) is 11.5 Å². The molecule has 0 unspecified atom stereocenters. The highest BCUT2D eigenvalue weighted by Crippen LogP contribution is 2.29. The van der Waals surface area contributed by atoms with Crippen LogP contribution < -0.4 is 4.90 Å². The highest BCUT2D eigenvalue weighted by molar-refractivity contribution is 5.82. The molecule has 0 fully saturated rings. The van der Waals surface area contributed by atoms with E-state index in [1.54, 1.807) is 12.6 Å². The predicted molar refractivity (Wildman–Crippen MR) is 121 cm³/mol. The van der Waals surface area contributed by atoms with Crippen molar-refractivity contribution < 1.29 is 9.47 Å². The number of hydrogen-bond donors (Lipinski definition) is 0. The summed E-state index contributed by atoms with van der Waals surface area (Å²) in [4.78, 5) is 16.1. The number of nitrogens with zero attached hydrogens (tertiary/aromatic N) is 4. The van der Waals surface area contributed by atoms with E-state index in [0.29, 0.717) is 18.3 Å². The first-order valence-corrected chi connectivity index (χ1v) is 10.8. The van der Waals surface area contributed by atoms with Gasteiger partial charge in [0, 0.05) is 24.2 Å². The number of fused-ring (bicyclic) bond motifs is 1. The fourth-order valence-corrected chi connectivity index (χ4v) is 4.16. The Morgan fingerprint density at radius 3 is 3.03 bits per heavy atom. The molecule has 0 spiro atoms. The molecule has 0 radical (unpaired) electrons. The molecule has 6 nitrogen and oxygen atoms in total. The van der Waals surface area contributed by atoms with Gasteiger partial charge in [-0.15, -0.1) is 0 Å². The second-order valence-corrected chi connectivity index (χ2v) is 8.10. The molecule has 158 valence electrons. The van der Waals surface area contributed by atoms with Crippen LogP contribution in [-0.2, 0) is 22.4 Å². The third kappa shape index (κ3) is 4.53. The Morgan fingerprint density at radius 1 is 1.19 bits per heavy atom. The van der Waals surface area contributed by atoms with E-state index in [4.69, 9.17) is 14.5 Å². The fourth-order valence-electron chi connectivity index (χ4n) is 4.16. The molecule has 2 aliphatic heterocycles. The summed E-state index contributed by atoms with van der Waals surface area (Å²) in [6.45, 7) is 4.10. The zero-order chi connectivity index (χ0) is 21.0. The predicted octanol–water partition coefficient (Wildman–Crippen LogP) is 4.93. The molecule has 2 aromatic rings. The minimum Gasteiger partial charge on any atom is -0.488 e. The van der Waals surface area contributed by atoms with Crippen molar-refractivity contribution in [3.8, 4) is 0 Å². The van der Waals surface area contributed by atoms with Crippen LogP contribution in [0.3, 0.4) is 0 Å². The van der Waals surface area contributed by atoms with Crippen LogP contribution >= 0.6 is 0 Å². The summed E-state index contributed by atoms with van der Waals surface area (Å²) in [7, 11) is 0. The van der Waals surface area contributed by atoms with Gasteiger partial charge >= 0.3 is 0 Å². The van der Waals surface area contributed by atoms with Crippen LogP contribution in [0.2, 0.25) is 0 Å². The Hall–Kier alpha value is -3.41. The summed E-state index contributed by atoms with van der Waals surface area (Å²) in [5.41, 5.74) is 5.95. The van der Waals surface area contributed by atoms with Crippen molar-refractivity contribution in [2.24, 2.45) is 4.99 Å². The number of allylic oxidation sites excluding steroid dienone is 4. The Bertz CT molecular complexity index is 1100. The third-order valence-corrected chi connectivity index (χ3v) is 5.75. The van der Waals surface area contributed by atoms with E-state index in [9.17, 15) is 0 Å². The number of anilines is 1. The molecular weight excluding hydrogens is 388 g/mol. The minimum absolute atomic E-state index is 0.316. The number of hydrogen-bond acceptors (Lipinski definition) is 6. The Labute approximate surface area is 182 Å². The molecule has 3 aliphatic rings. The van der Waals surface area contributed by atoms with Gasteiger partial charge in [-0.1, -0.05) is 35.9 Å². The maximum absolute atomic E-state index is 6.04. The first-order valence-electron chi connectivity index (χ1n) is 10.8. The van der Waals surface area contributed by atoms with Crippen LogP contribution in [-0.4, -0.2) is 29.0 Å². The molecule has 5 rings (SSSR count). The van der Waals surface area contributed by atoms with Gasteiger partial charge in [-0.05, 0) is 43.9 Å². The highest BCUT2D eigenvalue weighted by atomic mass is 16.6. The molecule has 0 saturated heterocycles. The van der Waals surface area contributed by atoms with Crippen LogP contribution in [0.15, 0.2) is 71.4 Å². The summed E-state index contributed by atoms with van der Waals surface area (Å²) in [6, 6.07) is 8.59. The molecular formula is C25H26N4O2. The highest BCUT2D eigenvalue weighted by Gasteiger charge is 2.22. The van der Waals surface area contributed by atoms with Gasteiger partial charge in [0.05, 0.1) is 12.2 Å². The van der Waals surface area contributed by atoms with E-state index in [1.807, 2.05) is 0 Å². The Balaban J connectivity index is 1.32. The summed E-state index contributed by atoms with van der Waals surface area (Å²) in [6.07, 6.45) is 13.5. The van der Waals surface area contributed by atoms with Gasteiger partial charge in [0.25, 0.3) is 0 Å². The molecule has 3 heterocycles. The third-order valence-electron chi connectivity index (χ3n) is 5.75. The monoisotopic (exact) mass is 414 g/mol. The maximum atomic E-state index is 6.04. The number of benzene rings is 1. The van der Waals surface area contributed by atoms with Gasteiger partial charge in [-0.2, -0.15) is 4.99 Å². The molecule has 1 aliphatic carbocycles. The van der Waals surface area contributed by atoms with Crippen LogP contribution in [0.1, 0.15) is 36.1 Å². The quantitative estimate of drug-likeness (QED) is 0.710.